The maximum Gasteiger partial charge on any atom is -0.00941 e. The van der Waals surface area contributed by atoms with Crippen molar-refractivity contribution < 1.29 is 0 Å². The van der Waals surface area contributed by atoms with E-state index >= 15 is 0 Å². The topological polar surface area (TPSA) is 0 Å². The molecule has 0 fully saturated rings. The summed E-state index contributed by atoms with van der Waals surface area (Å²) in [5.41, 5.74) is 4.29. The third-order valence-electron chi connectivity index (χ3n) is 1.74. The summed E-state index contributed by atoms with van der Waals surface area (Å²) in [5.74, 6) is 0. The standard InChI is InChI=1S/C14H14/c1-2-3-4-5-6-8-11-14-12-9-7-10-13-14/h2-3,5-10,12-13H,1,11H2/b8-6+. The van der Waals surface area contributed by atoms with E-state index in [1.54, 1.807) is 12.2 Å². The Kier molecular flexibility index (Phi) is 4.93. The first-order valence-electron chi connectivity index (χ1n) is 4.66. The Morgan fingerprint density at radius 3 is 2.64 bits per heavy atom. The molecule has 0 atom stereocenters. The number of allylic oxidation sites excluding steroid dienone is 4. The molecule has 0 aliphatic rings. The van der Waals surface area contributed by atoms with E-state index in [0.29, 0.717) is 0 Å². The lowest BCUT2D eigenvalue weighted by Crippen LogP contribution is -1.77. The summed E-state index contributed by atoms with van der Waals surface area (Å²) in [6, 6.07) is 10.4. The molecule has 0 aliphatic heterocycles. The van der Waals surface area contributed by atoms with Crippen LogP contribution in [0.3, 0.4) is 0 Å². The van der Waals surface area contributed by atoms with Crippen molar-refractivity contribution in [2.24, 2.45) is 0 Å². The maximum atomic E-state index is 3.56. The highest BCUT2D eigenvalue weighted by Gasteiger charge is 1.83. The molecule has 1 aromatic carbocycles. The molecule has 0 unspecified atom stereocenters. The van der Waals surface area contributed by atoms with Gasteiger partial charge in [-0.3, -0.25) is 0 Å². The van der Waals surface area contributed by atoms with Gasteiger partial charge in [-0.05, 0) is 24.1 Å². The molecule has 0 amide bonds. The Hall–Kier alpha value is -1.78. The fraction of sp³-hybridized carbons (Fsp3) is 0.0714. The number of hydrogen-bond acceptors (Lipinski definition) is 0. The van der Waals surface area contributed by atoms with E-state index in [2.05, 4.69) is 42.7 Å². The minimum Gasteiger partial charge on any atom is -0.121 e. The Bertz CT molecular complexity index is 349. The molecule has 1 aromatic rings. The molecule has 0 aliphatic carbocycles. The van der Waals surface area contributed by atoms with Crippen molar-refractivity contribution in [2.75, 3.05) is 0 Å². The lowest BCUT2D eigenvalue weighted by atomic mass is 10.1. The highest BCUT2D eigenvalue weighted by atomic mass is 13.9. The van der Waals surface area contributed by atoms with Crippen LogP contribution in [-0.4, -0.2) is 0 Å². The van der Waals surface area contributed by atoms with Crippen LogP contribution in [0.1, 0.15) is 5.56 Å². The first-order valence-corrected chi connectivity index (χ1v) is 4.66. The maximum absolute atomic E-state index is 3.56. The van der Waals surface area contributed by atoms with Gasteiger partial charge in [0.2, 0.25) is 0 Å². The van der Waals surface area contributed by atoms with Gasteiger partial charge >= 0.3 is 0 Å². The zero-order valence-corrected chi connectivity index (χ0v) is 8.19. The fourth-order valence-corrected chi connectivity index (χ4v) is 1.07. The highest BCUT2D eigenvalue weighted by molar-refractivity contribution is 5.18. The van der Waals surface area contributed by atoms with E-state index in [1.807, 2.05) is 18.2 Å². The molecule has 0 nitrogen and oxygen atoms in total. The van der Waals surface area contributed by atoms with Crippen LogP contribution in [0.25, 0.3) is 0 Å². The van der Waals surface area contributed by atoms with Crippen LogP contribution in [0.5, 0.6) is 0 Å². The summed E-state index contributed by atoms with van der Waals surface area (Å²) in [7, 11) is 0. The minimum absolute atomic E-state index is 0.965. The largest absolute Gasteiger partial charge is 0.121 e. The molecule has 0 heteroatoms. The number of hydrogen-bond donors (Lipinski definition) is 0. The van der Waals surface area contributed by atoms with Gasteiger partial charge in [0.05, 0.1) is 0 Å². The summed E-state index contributed by atoms with van der Waals surface area (Å²) in [4.78, 5) is 0. The SMILES string of the molecule is C=CC=C=C/C=C/Cc1ccccc1. The highest BCUT2D eigenvalue weighted by Crippen LogP contribution is 1.99. The van der Waals surface area contributed by atoms with Gasteiger partial charge in [-0.25, -0.2) is 0 Å². The second kappa shape index (κ2) is 6.71. The predicted molar refractivity (Wildman–Crippen MR) is 62.1 cm³/mol. The summed E-state index contributed by atoms with van der Waals surface area (Å²) >= 11 is 0. The molecule has 0 saturated carbocycles. The smallest absolute Gasteiger partial charge is 0.00941 e. The Morgan fingerprint density at radius 2 is 1.93 bits per heavy atom. The minimum atomic E-state index is 0.965. The van der Waals surface area contributed by atoms with Crippen molar-refractivity contribution in [1.82, 2.24) is 0 Å². The lowest BCUT2D eigenvalue weighted by Gasteiger charge is -1.92. The Morgan fingerprint density at radius 1 is 1.14 bits per heavy atom. The molecular weight excluding hydrogens is 168 g/mol. The van der Waals surface area contributed by atoms with Gasteiger partial charge in [0.25, 0.3) is 0 Å². The molecular formula is C14H14. The molecule has 14 heavy (non-hydrogen) atoms. The monoisotopic (exact) mass is 182 g/mol. The van der Waals surface area contributed by atoms with Gasteiger partial charge in [-0.2, -0.15) is 0 Å². The lowest BCUT2D eigenvalue weighted by molar-refractivity contribution is 1.27. The van der Waals surface area contributed by atoms with Gasteiger partial charge in [0.1, 0.15) is 0 Å². The average molecular weight is 182 g/mol. The summed E-state index contributed by atoms with van der Waals surface area (Å²) in [6.45, 7) is 3.56. The first kappa shape index (κ1) is 10.3. The third-order valence-corrected chi connectivity index (χ3v) is 1.74. The van der Waals surface area contributed by atoms with Crippen molar-refractivity contribution in [3.05, 3.63) is 78.6 Å². The second-order valence-electron chi connectivity index (χ2n) is 2.85. The van der Waals surface area contributed by atoms with Crippen LogP contribution >= 0.6 is 0 Å². The van der Waals surface area contributed by atoms with Crippen molar-refractivity contribution in [2.45, 2.75) is 6.42 Å². The van der Waals surface area contributed by atoms with Gasteiger partial charge in [0, 0.05) is 0 Å². The molecule has 70 valence electrons. The van der Waals surface area contributed by atoms with E-state index in [1.165, 1.54) is 5.56 Å². The first-order chi connectivity index (χ1) is 6.93. The number of benzene rings is 1. The molecule has 0 saturated heterocycles. The van der Waals surface area contributed by atoms with Gasteiger partial charge in [-0.15, -0.1) is 5.73 Å². The van der Waals surface area contributed by atoms with Gasteiger partial charge < -0.3 is 0 Å². The molecule has 1 rings (SSSR count). The van der Waals surface area contributed by atoms with Crippen molar-refractivity contribution in [3.63, 3.8) is 0 Å². The third kappa shape index (κ3) is 4.30. The Balaban J connectivity index is 2.41. The zero-order chi connectivity index (χ0) is 10.1. The van der Waals surface area contributed by atoms with E-state index < -0.39 is 0 Å². The molecule has 0 aromatic heterocycles. The molecule has 0 spiro atoms. The zero-order valence-electron chi connectivity index (χ0n) is 8.19. The molecule has 0 heterocycles. The predicted octanol–water partition coefficient (Wildman–Crippen LogP) is 3.68. The van der Waals surface area contributed by atoms with Crippen LogP contribution in [0, 0.1) is 0 Å². The number of rotatable bonds is 4. The average Bonchev–Trinajstić information content (AvgIpc) is 2.25. The van der Waals surface area contributed by atoms with Crippen molar-refractivity contribution in [1.29, 1.82) is 0 Å². The quantitative estimate of drug-likeness (QED) is 0.492. The van der Waals surface area contributed by atoms with Crippen LogP contribution in [0.2, 0.25) is 0 Å². The summed E-state index contributed by atoms with van der Waals surface area (Å²) in [6.07, 6.45) is 10.4. The van der Waals surface area contributed by atoms with Gasteiger partial charge in [0.15, 0.2) is 0 Å². The van der Waals surface area contributed by atoms with Crippen molar-refractivity contribution >= 4 is 0 Å². The normalized spacial score (nSPS) is 9.43. The van der Waals surface area contributed by atoms with E-state index in [-0.39, 0.29) is 0 Å². The van der Waals surface area contributed by atoms with Crippen molar-refractivity contribution in [3.8, 4) is 0 Å². The molecule has 0 N–H and O–H groups in total. The second-order valence-corrected chi connectivity index (χ2v) is 2.85. The summed E-state index contributed by atoms with van der Waals surface area (Å²) in [5, 5.41) is 0. The Labute approximate surface area is 85.6 Å². The van der Waals surface area contributed by atoms with E-state index in [0.717, 1.165) is 6.42 Å². The fourth-order valence-electron chi connectivity index (χ4n) is 1.07. The van der Waals surface area contributed by atoms with Crippen LogP contribution in [0.4, 0.5) is 0 Å². The van der Waals surface area contributed by atoms with E-state index in [9.17, 15) is 0 Å². The van der Waals surface area contributed by atoms with Crippen LogP contribution in [0.15, 0.2) is 73.0 Å². The van der Waals surface area contributed by atoms with Crippen LogP contribution in [-0.2, 0) is 6.42 Å². The van der Waals surface area contributed by atoms with E-state index in [4.69, 9.17) is 0 Å². The molecule has 0 radical (unpaired) electrons. The molecule has 0 bridgehead atoms. The summed E-state index contributed by atoms with van der Waals surface area (Å²) < 4.78 is 0. The van der Waals surface area contributed by atoms with Gasteiger partial charge in [-0.1, -0.05) is 55.1 Å². The van der Waals surface area contributed by atoms with Crippen LogP contribution < -0.4 is 0 Å².